The van der Waals surface area contributed by atoms with Crippen molar-refractivity contribution in [3.8, 4) is 0 Å². The molecule has 1 heterocycles. The molecule has 0 aliphatic carbocycles. The highest BCUT2D eigenvalue weighted by Crippen LogP contribution is 2.15. The van der Waals surface area contributed by atoms with Crippen LogP contribution in [0.3, 0.4) is 0 Å². The number of hydrogen-bond donors (Lipinski definition) is 2. The van der Waals surface area contributed by atoms with Gasteiger partial charge in [0.25, 0.3) is 0 Å². The number of carbonyl (C=O) groups is 1. The first kappa shape index (κ1) is 16.1. The number of aliphatic hydroxyl groups is 1. The van der Waals surface area contributed by atoms with E-state index in [0.29, 0.717) is 19.4 Å². The van der Waals surface area contributed by atoms with E-state index in [0.717, 1.165) is 22.0 Å². The van der Waals surface area contributed by atoms with Crippen LogP contribution in [-0.2, 0) is 11.2 Å². The molecule has 2 N–H and O–H groups in total. The van der Waals surface area contributed by atoms with Crippen molar-refractivity contribution in [1.29, 1.82) is 0 Å². The number of nitrogens with zero attached hydrogens (tertiary/aromatic N) is 1. The van der Waals surface area contributed by atoms with Crippen molar-refractivity contribution in [3.05, 3.63) is 78.0 Å². The topological polar surface area (TPSA) is 62.2 Å². The molecule has 122 valence electrons. The molecule has 1 amide bonds. The zero-order chi connectivity index (χ0) is 16.8. The van der Waals surface area contributed by atoms with Crippen LogP contribution in [0.2, 0.25) is 0 Å². The summed E-state index contributed by atoms with van der Waals surface area (Å²) in [5.74, 6) is -0.0626. The largest absolute Gasteiger partial charge is 0.388 e. The van der Waals surface area contributed by atoms with E-state index >= 15 is 0 Å². The minimum absolute atomic E-state index is 0.0626. The first-order valence-electron chi connectivity index (χ1n) is 8.06. The highest BCUT2D eigenvalue weighted by molar-refractivity contribution is 5.82. The van der Waals surface area contributed by atoms with E-state index in [1.165, 1.54) is 0 Å². The average molecular weight is 320 g/mol. The number of rotatable bonds is 6. The maximum atomic E-state index is 12.0. The number of aromatic nitrogens is 1. The molecule has 1 aromatic heterocycles. The van der Waals surface area contributed by atoms with Gasteiger partial charge in [-0.15, -0.1) is 0 Å². The number of benzene rings is 2. The van der Waals surface area contributed by atoms with Crippen LogP contribution >= 0.6 is 0 Å². The number of fused-ring (bicyclic) bond motifs is 1. The van der Waals surface area contributed by atoms with Crippen molar-refractivity contribution in [2.24, 2.45) is 0 Å². The summed E-state index contributed by atoms with van der Waals surface area (Å²) in [5, 5.41) is 14.0. The molecule has 2 aromatic carbocycles. The second-order valence-corrected chi connectivity index (χ2v) is 5.78. The number of carbonyl (C=O) groups excluding carboxylic acids is 1. The van der Waals surface area contributed by atoms with Gasteiger partial charge in [0.15, 0.2) is 0 Å². The Balaban J connectivity index is 1.50. The van der Waals surface area contributed by atoms with Crippen LogP contribution in [0, 0.1) is 0 Å². The first-order valence-corrected chi connectivity index (χ1v) is 8.06. The fraction of sp³-hybridized carbons (Fsp3) is 0.200. The zero-order valence-corrected chi connectivity index (χ0v) is 13.4. The van der Waals surface area contributed by atoms with E-state index in [1.807, 2.05) is 60.7 Å². The predicted molar refractivity (Wildman–Crippen MR) is 94.5 cm³/mol. The molecule has 0 aliphatic heterocycles. The molecule has 3 rings (SSSR count). The Labute approximate surface area is 141 Å². The fourth-order valence-corrected chi connectivity index (χ4v) is 2.65. The Morgan fingerprint density at radius 3 is 2.67 bits per heavy atom. The molecule has 0 aliphatic rings. The number of pyridine rings is 1. The summed E-state index contributed by atoms with van der Waals surface area (Å²) >= 11 is 0. The molecule has 0 bridgehead atoms. The summed E-state index contributed by atoms with van der Waals surface area (Å²) in [6.45, 7) is 0.440. The Morgan fingerprint density at radius 2 is 1.83 bits per heavy atom. The Kier molecular flexibility index (Phi) is 5.18. The molecule has 0 fully saturated rings. The number of hydrogen-bond acceptors (Lipinski definition) is 3. The van der Waals surface area contributed by atoms with Crippen molar-refractivity contribution in [2.75, 3.05) is 6.54 Å². The van der Waals surface area contributed by atoms with Gasteiger partial charge in [0.2, 0.25) is 5.91 Å². The van der Waals surface area contributed by atoms with Crippen LogP contribution in [0.4, 0.5) is 0 Å². The Bertz CT molecular complexity index is 818. The van der Waals surface area contributed by atoms with Crippen LogP contribution in [-0.4, -0.2) is 22.5 Å². The van der Waals surface area contributed by atoms with Gasteiger partial charge in [0.1, 0.15) is 0 Å². The molecular weight excluding hydrogens is 300 g/mol. The monoisotopic (exact) mass is 320 g/mol. The SMILES string of the molecule is O=C(Cc1cnc2ccccc2c1)NCC[C@@H](O)c1ccccc1. The van der Waals surface area contributed by atoms with E-state index < -0.39 is 6.10 Å². The molecule has 4 heteroatoms. The molecular formula is C20H20N2O2. The van der Waals surface area contributed by atoms with Crippen LogP contribution in [0.15, 0.2) is 66.9 Å². The Hall–Kier alpha value is -2.72. The zero-order valence-electron chi connectivity index (χ0n) is 13.4. The summed E-state index contributed by atoms with van der Waals surface area (Å²) in [6, 6.07) is 19.3. The lowest BCUT2D eigenvalue weighted by atomic mass is 10.1. The average Bonchev–Trinajstić information content (AvgIpc) is 2.62. The third-order valence-corrected chi connectivity index (χ3v) is 3.94. The molecule has 1 atom stereocenters. The standard InChI is InChI=1S/C20H20N2O2/c23-19(16-6-2-1-3-7-16)10-11-21-20(24)13-15-12-17-8-4-5-9-18(17)22-14-15/h1-9,12,14,19,23H,10-11,13H2,(H,21,24)/t19-/m1/s1. The molecule has 0 unspecified atom stereocenters. The summed E-state index contributed by atoms with van der Waals surface area (Å²) < 4.78 is 0. The fourth-order valence-electron chi connectivity index (χ4n) is 2.65. The number of para-hydroxylation sites is 1. The van der Waals surface area contributed by atoms with Gasteiger partial charge >= 0.3 is 0 Å². The van der Waals surface area contributed by atoms with Crippen molar-refractivity contribution < 1.29 is 9.90 Å². The van der Waals surface area contributed by atoms with Crippen molar-refractivity contribution in [2.45, 2.75) is 18.9 Å². The maximum absolute atomic E-state index is 12.0. The lowest BCUT2D eigenvalue weighted by Crippen LogP contribution is -2.27. The molecule has 0 spiro atoms. The van der Waals surface area contributed by atoms with Crippen molar-refractivity contribution >= 4 is 16.8 Å². The third kappa shape index (κ3) is 4.18. The van der Waals surface area contributed by atoms with E-state index in [2.05, 4.69) is 10.3 Å². The highest BCUT2D eigenvalue weighted by Gasteiger charge is 2.09. The van der Waals surface area contributed by atoms with Gasteiger partial charge in [-0.2, -0.15) is 0 Å². The number of aliphatic hydroxyl groups excluding tert-OH is 1. The van der Waals surface area contributed by atoms with Gasteiger partial charge in [-0.05, 0) is 29.7 Å². The van der Waals surface area contributed by atoms with Crippen LogP contribution in [0.5, 0.6) is 0 Å². The van der Waals surface area contributed by atoms with Gasteiger partial charge < -0.3 is 10.4 Å². The van der Waals surface area contributed by atoms with Gasteiger partial charge in [0, 0.05) is 18.1 Å². The Morgan fingerprint density at radius 1 is 1.08 bits per heavy atom. The van der Waals surface area contributed by atoms with E-state index in [1.54, 1.807) is 6.20 Å². The molecule has 24 heavy (non-hydrogen) atoms. The smallest absolute Gasteiger partial charge is 0.224 e. The summed E-state index contributed by atoms with van der Waals surface area (Å²) in [6.07, 6.45) is 1.96. The predicted octanol–water partition coefficient (Wildman–Crippen LogP) is 3.02. The van der Waals surface area contributed by atoms with Crippen molar-refractivity contribution in [1.82, 2.24) is 10.3 Å². The van der Waals surface area contributed by atoms with Gasteiger partial charge in [-0.1, -0.05) is 48.5 Å². The van der Waals surface area contributed by atoms with Gasteiger partial charge in [0.05, 0.1) is 18.0 Å². The quantitative estimate of drug-likeness (QED) is 0.734. The molecule has 0 radical (unpaired) electrons. The molecule has 0 saturated carbocycles. The summed E-state index contributed by atoms with van der Waals surface area (Å²) in [5.41, 5.74) is 2.67. The van der Waals surface area contributed by atoms with Crippen LogP contribution in [0.25, 0.3) is 10.9 Å². The second kappa shape index (κ2) is 7.70. The van der Waals surface area contributed by atoms with Crippen molar-refractivity contribution in [3.63, 3.8) is 0 Å². The molecule has 0 saturated heterocycles. The first-order chi connectivity index (χ1) is 11.7. The highest BCUT2D eigenvalue weighted by atomic mass is 16.3. The van der Waals surface area contributed by atoms with Gasteiger partial charge in [-0.25, -0.2) is 0 Å². The minimum atomic E-state index is -0.561. The van der Waals surface area contributed by atoms with Crippen LogP contribution in [0.1, 0.15) is 23.7 Å². The lowest BCUT2D eigenvalue weighted by Gasteiger charge is -2.11. The summed E-state index contributed by atoms with van der Waals surface area (Å²) in [4.78, 5) is 16.4. The lowest BCUT2D eigenvalue weighted by molar-refractivity contribution is -0.120. The van der Waals surface area contributed by atoms with E-state index in [4.69, 9.17) is 0 Å². The third-order valence-electron chi connectivity index (χ3n) is 3.94. The summed E-state index contributed by atoms with van der Waals surface area (Å²) in [7, 11) is 0. The maximum Gasteiger partial charge on any atom is 0.224 e. The normalized spacial score (nSPS) is 12.0. The number of nitrogens with one attached hydrogen (secondary N) is 1. The van der Waals surface area contributed by atoms with Gasteiger partial charge in [-0.3, -0.25) is 9.78 Å². The molecule has 4 nitrogen and oxygen atoms in total. The van der Waals surface area contributed by atoms with E-state index in [9.17, 15) is 9.90 Å². The van der Waals surface area contributed by atoms with E-state index in [-0.39, 0.29) is 5.91 Å². The second-order valence-electron chi connectivity index (χ2n) is 5.78. The number of amides is 1. The van der Waals surface area contributed by atoms with Crippen LogP contribution < -0.4 is 5.32 Å². The molecule has 3 aromatic rings. The minimum Gasteiger partial charge on any atom is -0.388 e.